The minimum absolute atomic E-state index is 0.0694. The summed E-state index contributed by atoms with van der Waals surface area (Å²) in [5, 5.41) is 3.01. The summed E-state index contributed by atoms with van der Waals surface area (Å²) >= 11 is 0. The number of hydrogen-bond acceptors (Lipinski definition) is 3. The zero-order valence-corrected chi connectivity index (χ0v) is 13.4. The summed E-state index contributed by atoms with van der Waals surface area (Å²) in [7, 11) is 0. The zero-order chi connectivity index (χ0) is 15.7. The SMILES string of the molecule is CCOc1ccc(CCC(=O)NC(CN)CC(C)C)cc1. The van der Waals surface area contributed by atoms with Crippen molar-refractivity contribution in [1.29, 1.82) is 0 Å². The van der Waals surface area contributed by atoms with Gasteiger partial charge in [0.15, 0.2) is 0 Å². The number of aryl methyl sites for hydroxylation is 1. The first-order valence-corrected chi connectivity index (χ1v) is 7.76. The van der Waals surface area contributed by atoms with Crippen LogP contribution in [0.15, 0.2) is 24.3 Å². The Hall–Kier alpha value is -1.55. The van der Waals surface area contributed by atoms with E-state index in [4.69, 9.17) is 10.5 Å². The van der Waals surface area contributed by atoms with E-state index in [1.807, 2.05) is 31.2 Å². The number of amides is 1. The summed E-state index contributed by atoms with van der Waals surface area (Å²) < 4.78 is 5.40. The second kappa shape index (κ2) is 9.40. The summed E-state index contributed by atoms with van der Waals surface area (Å²) in [6.45, 7) is 7.39. The lowest BCUT2D eigenvalue weighted by Gasteiger charge is -2.18. The van der Waals surface area contributed by atoms with E-state index in [1.54, 1.807) is 0 Å². The standard InChI is InChI=1S/C17H28N2O2/c1-4-21-16-8-5-14(6-9-16)7-10-17(20)19-15(12-18)11-13(2)3/h5-6,8-9,13,15H,4,7,10-12,18H2,1-3H3,(H,19,20). The maximum Gasteiger partial charge on any atom is 0.220 e. The lowest BCUT2D eigenvalue weighted by atomic mass is 10.0. The van der Waals surface area contributed by atoms with E-state index >= 15 is 0 Å². The Balaban J connectivity index is 2.38. The molecule has 1 aromatic carbocycles. The van der Waals surface area contributed by atoms with Crippen molar-refractivity contribution in [3.63, 3.8) is 0 Å². The minimum atomic E-state index is 0.0694. The third-order valence-corrected chi connectivity index (χ3v) is 3.28. The fourth-order valence-corrected chi connectivity index (χ4v) is 2.26. The van der Waals surface area contributed by atoms with E-state index in [1.165, 1.54) is 0 Å². The molecular formula is C17H28N2O2. The average Bonchev–Trinajstić information content (AvgIpc) is 2.45. The first-order chi connectivity index (χ1) is 10.0. The molecule has 1 rings (SSSR count). The molecule has 118 valence electrons. The fourth-order valence-electron chi connectivity index (χ4n) is 2.26. The minimum Gasteiger partial charge on any atom is -0.494 e. The lowest BCUT2D eigenvalue weighted by molar-refractivity contribution is -0.121. The van der Waals surface area contributed by atoms with Crippen molar-refractivity contribution in [2.75, 3.05) is 13.2 Å². The van der Waals surface area contributed by atoms with Crippen molar-refractivity contribution in [3.8, 4) is 5.75 Å². The molecule has 0 spiro atoms. The largest absolute Gasteiger partial charge is 0.494 e. The molecule has 0 saturated carbocycles. The van der Waals surface area contributed by atoms with E-state index in [2.05, 4.69) is 19.2 Å². The molecule has 0 aliphatic carbocycles. The van der Waals surface area contributed by atoms with Crippen LogP contribution in [0, 0.1) is 5.92 Å². The molecule has 0 heterocycles. The van der Waals surface area contributed by atoms with Gasteiger partial charge in [-0.2, -0.15) is 0 Å². The summed E-state index contributed by atoms with van der Waals surface area (Å²) in [4.78, 5) is 11.9. The molecule has 0 radical (unpaired) electrons. The first kappa shape index (κ1) is 17.5. The number of hydrogen-bond donors (Lipinski definition) is 2. The molecule has 0 aliphatic rings. The average molecular weight is 292 g/mol. The van der Waals surface area contributed by atoms with Crippen LogP contribution in [0.1, 0.15) is 39.2 Å². The van der Waals surface area contributed by atoms with Gasteiger partial charge in [-0.3, -0.25) is 4.79 Å². The molecular weight excluding hydrogens is 264 g/mol. The number of carbonyl (C=O) groups excluding carboxylic acids is 1. The van der Waals surface area contributed by atoms with E-state index in [0.717, 1.165) is 24.2 Å². The van der Waals surface area contributed by atoms with Gasteiger partial charge in [-0.15, -0.1) is 0 Å². The summed E-state index contributed by atoms with van der Waals surface area (Å²) in [6.07, 6.45) is 2.14. The third kappa shape index (κ3) is 7.14. The van der Waals surface area contributed by atoms with Gasteiger partial charge >= 0.3 is 0 Å². The highest BCUT2D eigenvalue weighted by Crippen LogP contribution is 2.13. The van der Waals surface area contributed by atoms with Gasteiger partial charge in [0.05, 0.1) is 6.61 Å². The summed E-state index contributed by atoms with van der Waals surface area (Å²) in [5.41, 5.74) is 6.83. The highest BCUT2D eigenvalue weighted by atomic mass is 16.5. The van der Waals surface area contributed by atoms with Gasteiger partial charge in [-0.25, -0.2) is 0 Å². The van der Waals surface area contributed by atoms with Crippen LogP contribution in [0.5, 0.6) is 5.75 Å². The summed E-state index contributed by atoms with van der Waals surface area (Å²) in [6, 6.07) is 7.98. The normalized spacial score (nSPS) is 12.2. The Morgan fingerprint density at radius 2 is 1.95 bits per heavy atom. The van der Waals surface area contributed by atoms with E-state index in [0.29, 0.717) is 25.5 Å². The molecule has 4 nitrogen and oxygen atoms in total. The third-order valence-electron chi connectivity index (χ3n) is 3.28. The maximum absolute atomic E-state index is 11.9. The fraction of sp³-hybridized carbons (Fsp3) is 0.588. The van der Waals surface area contributed by atoms with Gasteiger partial charge in [0.2, 0.25) is 5.91 Å². The Bertz CT molecular complexity index is 415. The van der Waals surface area contributed by atoms with Crippen molar-refractivity contribution < 1.29 is 9.53 Å². The number of benzene rings is 1. The predicted molar refractivity (Wildman–Crippen MR) is 86.4 cm³/mol. The molecule has 0 saturated heterocycles. The van der Waals surface area contributed by atoms with E-state index in [9.17, 15) is 4.79 Å². The van der Waals surface area contributed by atoms with Gasteiger partial charge in [-0.05, 0) is 43.4 Å². The van der Waals surface area contributed by atoms with Gasteiger partial charge in [-0.1, -0.05) is 26.0 Å². The Kier molecular flexibility index (Phi) is 7.83. The quantitative estimate of drug-likeness (QED) is 0.735. The van der Waals surface area contributed by atoms with Crippen LogP contribution in [0.25, 0.3) is 0 Å². The Labute approximate surface area is 128 Å². The van der Waals surface area contributed by atoms with Crippen LogP contribution in [-0.4, -0.2) is 25.1 Å². The van der Waals surface area contributed by atoms with Crippen LogP contribution < -0.4 is 15.8 Å². The maximum atomic E-state index is 11.9. The van der Waals surface area contributed by atoms with Crippen LogP contribution >= 0.6 is 0 Å². The Morgan fingerprint density at radius 1 is 1.29 bits per heavy atom. The van der Waals surface area contributed by atoms with Crippen LogP contribution in [0.2, 0.25) is 0 Å². The number of nitrogens with one attached hydrogen (secondary N) is 1. The molecule has 3 N–H and O–H groups in total. The zero-order valence-electron chi connectivity index (χ0n) is 13.4. The number of nitrogens with two attached hydrogens (primary N) is 1. The molecule has 0 aliphatic heterocycles. The molecule has 1 amide bonds. The number of carbonyl (C=O) groups is 1. The Morgan fingerprint density at radius 3 is 2.48 bits per heavy atom. The van der Waals surface area contributed by atoms with Crippen molar-refractivity contribution in [3.05, 3.63) is 29.8 Å². The topological polar surface area (TPSA) is 64.3 Å². The van der Waals surface area contributed by atoms with Crippen LogP contribution in [-0.2, 0) is 11.2 Å². The van der Waals surface area contributed by atoms with E-state index < -0.39 is 0 Å². The first-order valence-electron chi connectivity index (χ1n) is 7.76. The second-order valence-corrected chi connectivity index (χ2v) is 5.71. The van der Waals surface area contributed by atoms with Crippen LogP contribution in [0.4, 0.5) is 0 Å². The monoisotopic (exact) mass is 292 g/mol. The molecule has 21 heavy (non-hydrogen) atoms. The van der Waals surface area contributed by atoms with Gasteiger partial charge in [0.1, 0.15) is 5.75 Å². The molecule has 0 bridgehead atoms. The predicted octanol–water partition coefficient (Wildman–Crippen LogP) is 2.51. The second-order valence-electron chi connectivity index (χ2n) is 5.71. The van der Waals surface area contributed by atoms with E-state index in [-0.39, 0.29) is 11.9 Å². The van der Waals surface area contributed by atoms with Crippen molar-refractivity contribution in [2.45, 2.75) is 46.1 Å². The van der Waals surface area contributed by atoms with Crippen molar-refractivity contribution in [1.82, 2.24) is 5.32 Å². The lowest BCUT2D eigenvalue weighted by Crippen LogP contribution is -2.41. The van der Waals surface area contributed by atoms with Gasteiger partial charge in [0.25, 0.3) is 0 Å². The number of ether oxygens (including phenoxy) is 1. The molecule has 0 fully saturated rings. The van der Waals surface area contributed by atoms with Crippen molar-refractivity contribution in [2.24, 2.45) is 11.7 Å². The molecule has 0 aromatic heterocycles. The summed E-state index contributed by atoms with van der Waals surface area (Å²) in [5.74, 6) is 1.47. The molecule has 4 heteroatoms. The van der Waals surface area contributed by atoms with Crippen molar-refractivity contribution >= 4 is 5.91 Å². The van der Waals surface area contributed by atoms with Crippen LogP contribution in [0.3, 0.4) is 0 Å². The highest BCUT2D eigenvalue weighted by molar-refractivity contribution is 5.76. The van der Waals surface area contributed by atoms with Gasteiger partial charge < -0.3 is 15.8 Å². The number of rotatable bonds is 9. The van der Waals surface area contributed by atoms with Gasteiger partial charge in [0, 0.05) is 19.0 Å². The molecule has 1 atom stereocenters. The highest BCUT2D eigenvalue weighted by Gasteiger charge is 2.12. The smallest absolute Gasteiger partial charge is 0.220 e. The molecule has 1 aromatic rings. The molecule has 1 unspecified atom stereocenters.